The van der Waals surface area contributed by atoms with E-state index >= 15 is 0 Å². The first-order valence-corrected chi connectivity index (χ1v) is 13.8. The molecule has 2 N–H and O–H groups in total. The lowest BCUT2D eigenvalue weighted by atomic mass is 9.93. The van der Waals surface area contributed by atoms with Crippen molar-refractivity contribution in [1.29, 1.82) is 0 Å². The van der Waals surface area contributed by atoms with Gasteiger partial charge in [-0.15, -0.1) is 0 Å². The van der Waals surface area contributed by atoms with Crippen LogP contribution in [-0.4, -0.2) is 25.7 Å². The third-order valence-electron chi connectivity index (χ3n) is 6.32. The van der Waals surface area contributed by atoms with Crippen LogP contribution in [0.25, 0.3) is 16.7 Å². The second-order valence-corrected chi connectivity index (χ2v) is 10.6. The third-order valence-corrected chi connectivity index (χ3v) is 7.67. The molecule has 0 amide bonds. The number of Topliss-reactive ketones (excluding diaryl/α,β-unsaturated/α-hetero) is 1. The first-order valence-electron chi connectivity index (χ1n) is 12.3. The SMILES string of the molecule is Nc1ncc(-c2ccncc2Br)c(C2=CCCCC2)n1.O=C(Cc1ccncc1Br)C1=CCCCC1. The minimum atomic E-state index is 0.256. The van der Waals surface area contributed by atoms with Crippen LogP contribution in [0, 0.1) is 0 Å². The number of nitrogens with two attached hydrogens (primary N) is 1. The molecular weight excluding hydrogens is 582 g/mol. The molecule has 3 heterocycles. The number of ketones is 1. The summed E-state index contributed by atoms with van der Waals surface area (Å²) in [5.41, 5.74) is 12.1. The molecule has 0 radical (unpaired) electrons. The Morgan fingerprint density at radius 1 is 0.861 bits per heavy atom. The molecule has 3 aromatic heterocycles. The fraction of sp³-hybridized carbons (Fsp3) is 0.321. The van der Waals surface area contributed by atoms with Gasteiger partial charge in [0.05, 0.1) is 5.69 Å². The molecule has 5 rings (SSSR count). The van der Waals surface area contributed by atoms with Crippen molar-refractivity contribution in [2.24, 2.45) is 0 Å². The number of halogens is 2. The van der Waals surface area contributed by atoms with Gasteiger partial charge in [-0.1, -0.05) is 12.2 Å². The standard InChI is InChI=1S/C15H15BrN4.C13H14BrNO/c16-13-9-18-7-6-11(13)12-8-19-15(17)20-14(12)10-4-2-1-3-5-10;14-12-9-15-7-6-11(12)8-13(16)10-4-2-1-3-5-10/h4,6-9H,1-3,5H2,(H2,17,19,20);4,6-7,9H,1-3,5,8H2. The zero-order valence-corrected chi connectivity index (χ0v) is 23.3. The van der Waals surface area contributed by atoms with Crippen molar-refractivity contribution in [2.75, 3.05) is 5.73 Å². The minimum Gasteiger partial charge on any atom is -0.368 e. The predicted octanol–water partition coefficient (Wildman–Crippen LogP) is 7.30. The van der Waals surface area contributed by atoms with E-state index in [0.29, 0.717) is 12.4 Å². The van der Waals surface area contributed by atoms with E-state index < -0.39 is 0 Å². The third kappa shape index (κ3) is 6.95. The van der Waals surface area contributed by atoms with E-state index in [1.54, 1.807) is 31.0 Å². The highest BCUT2D eigenvalue weighted by Gasteiger charge is 2.17. The van der Waals surface area contributed by atoms with E-state index in [4.69, 9.17) is 5.73 Å². The molecule has 186 valence electrons. The van der Waals surface area contributed by atoms with Crippen molar-refractivity contribution in [3.05, 3.63) is 81.0 Å². The zero-order chi connectivity index (χ0) is 25.3. The Kier molecular flexibility index (Phi) is 9.53. The summed E-state index contributed by atoms with van der Waals surface area (Å²) in [6, 6.07) is 3.86. The molecule has 0 atom stereocenters. The highest BCUT2D eigenvalue weighted by molar-refractivity contribution is 9.10. The predicted molar refractivity (Wildman–Crippen MR) is 151 cm³/mol. The number of carbonyl (C=O) groups excluding carboxylic acids is 1. The average Bonchev–Trinajstić information content (AvgIpc) is 2.92. The summed E-state index contributed by atoms with van der Waals surface area (Å²) >= 11 is 6.96. The summed E-state index contributed by atoms with van der Waals surface area (Å²) in [5.74, 6) is 0.576. The van der Waals surface area contributed by atoms with Crippen LogP contribution in [-0.2, 0) is 11.2 Å². The summed E-state index contributed by atoms with van der Waals surface area (Å²) in [4.78, 5) is 28.7. The van der Waals surface area contributed by atoms with Crippen molar-refractivity contribution < 1.29 is 4.79 Å². The molecule has 0 bridgehead atoms. The number of rotatable bonds is 5. The number of nitrogen functional groups attached to an aromatic ring is 1. The summed E-state index contributed by atoms with van der Waals surface area (Å²) in [5, 5.41) is 0. The van der Waals surface area contributed by atoms with Gasteiger partial charge in [0.2, 0.25) is 5.95 Å². The van der Waals surface area contributed by atoms with Crippen LogP contribution in [0.3, 0.4) is 0 Å². The van der Waals surface area contributed by atoms with Crippen LogP contribution < -0.4 is 5.73 Å². The largest absolute Gasteiger partial charge is 0.368 e. The molecule has 3 aromatic rings. The van der Waals surface area contributed by atoms with Gasteiger partial charge in [-0.2, -0.15) is 0 Å². The summed E-state index contributed by atoms with van der Waals surface area (Å²) in [7, 11) is 0. The van der Waals surface area contributed by atoms with Crippen LogP contribution in [0.1, 0.15) is 62.6 Å². The summed E-state index contributed by atoms with van der Waals surface area (Å²) in [6.45, 7) is 0. The molecule has 0 unspecified atom stereocenters. The Labute approximate surface area is 228 Å². The molecule has 2 aliphatic carbocycles. The number of pyridine rings is 2. The molecule has 0 aromatic carbocycles. The van der Waals surface area contributed by atoms with Crippen molar-refractivity contribution >= 4 is 49.2 Å². The van der Waals surface area contributed by atoms with Crippen LogP contribution in [0.4, 0.5) is 5.95 Å². The lowest BCUT2D eigenvalue weighted by Crippen LogP contribution is -2.09. The van der Waals surface area contributed by atoms with Gasteiger partial charge in [-0.05, 0) is 112 Å². The Morgan fingerprint density at radius 3 is 2.25 bits per heavy atom. The van der Waals surface area contributed by atoms with E-state index in [-0.39, 0.29) is 5.78 Å². The van der Waals surface area contributed by atoms with Crippen LogP contribution in [0.2, 0.25) is 0 Å². The molecule has 0 fully saturated rings. The van der Waals surface area contributed by atoms with E-state index in [9.17, 15) is 4.79 Å². The maximum absolute atomic E-state index is 12.0. The molecule has 2 aliphatic rings. The number of carbonyl (C=O) groups is 1. The molecule has 6 nitrogen and oxygen atoms in total. The zero-order valence-electron chi connectivity index (χ0n) is 20.1. The minimum absolute atomic E-state index is 0.256. The fourth-order valence-corrected chi connectivity index (χ4v) is 5.26. The first-order chi connectivity index (χ1) is 17.5. The van der Waals surface area contributed by atoms with Gasteiger partial charge >= 0.3 is 0 Å². The van der Waals surface area contributed by atoms with Gasteiger partial charge < -0.3 is 5.73 Å². The topological polar surface area (TPSA) is 94.6 Å². The number of allylic oxidation sites excluding steroid dienone is 4. The summed E-state index contributed by atoms with van der Waals surface area (Å²) < 4.78 is 1.85. The van der Waals surface area contributed by atoms with E-state index in [0.717, 1.165) is 69.0 Å². The van der Waals surface area contributed by atoms with Gasteiger partial charge in [0.1, 0.15) is 0 Å². The molecule has 36 heavy (non-hydrogen) atoms. The maximum Gasteiger partial charge on any atom is 0.220 e. The normalized spacial score (nSPS) is 15.3. The van der Waals surface area contributed by atoms with Crippen molar-refractivity contribution in [1.82, 2.24) is 19.9 Å². The fourth-order valence-electron chi connectivity index (χ4n) is 4.41. The number of aromatic nitrogens is 4. The highest BCUT2D eigenvalue weighted by Crippen LogP contribution is 2.35. The van der Waals surface area contributed by atoms with Crippen molar-refractivity contribution in [3.8, 4) is 11.1 Å². The smallest absolute Gasteiger partial charge is 0.220 e. The Bertz CT molecular complexity index is 1290. The number of hydrogen-bond donors (Lipinski definition) is 1. The van der Waals surface area contributed by atoms with Crippen molar-refractivity contribution in [3.63, 3.8) is 0 Å². The van der Waals surface area contributed by atoms with Crippen LogP contribution >= 0.6 is 31.9 Å². The van der Waals surface area contributed by atoms with Gasteiger partial charge in [0.25, 0.3) is 0 Å². The number of nitrogens with zero attached hydrogens (tertiary/aromatic N) is 4. The second kappa shape index (κ2) is 13.0. The molecular formula is C28H29Br2N5O. The lowest BCUT2D eigenvalue weighted by molar-refractivity contribution is -0.115. The number of anilines is 1. The van der Waals surface area contributed by atoms with E-state index in [1.807, 2.05) is 12.1 Å². The van der Waals surface area contributed by atoms with Gasteiger partial charge in [-0.25, -0.2) is 9.97 Å². The molecule has 8 heteroatoms. The molecule has 0 spiro atoms. The highest BCUT2D eigenvalue weighted by atomic mass is 79.9. The first kappa shape index (κ1) is 26.4. The lowest BCUT2D eigenvalue weighted by Gasteiger charge is -2.16. The Balaban J connectivity index is 0.000000174. The van der Waals surface area contributed by atoms with Gasteiger partial charge in [-0.3, -0.25) is 14.8 Å². The monoisotopic (exact) mass is 609 g/mol. The molecule has 0 saturated heterocycles. The van der Waals surface area contributed by atoms with Crippen molar-refractivity contribution in [2.45, 2.75) is 57.8 Å². The van der Waals surface area contributed by atoms with E-state index in [1.165, 1.54) is 24.8 Å². The average molecular weight is 611 g/mol. The van der Waals surface area contributed by atoms with Crippen LogP contribution in [0.5, 0.6) is 0 Å². The Hall–Kier alpha value is -2.71. The number of hydrogen-bond acceptors (Lipinski definition) is 6. The van der Waals surface area contributed by atoms with Crippen LogP contribution in [0.15, 0.2) is 69.8 Å². The molecule has 0 saturated carbocycles. The second-order valence-electron chi connectivity index (χ2n) is 8.86. The van der Waals surface area contributed by atoms with E-state index in [2.05, 4.69) is 63.9 Å². The van der Waals surface area contributed by atoms with Gasteiger partial charge in [0.15, 0.2) is 5.78 Å². The van der Waals surface area contributed by atoms with Gasteiger partial charge in [0, 0.05) is 57.5 Å². The Morgan fingerprint density at radius 2 is 1.58 bits per heavy atom. The summed E-state index contributed by atoms with van der Waals surface area (Å²) in [6.07, 6.45) is 22.6. The molecule has 0 aliphatic heterocycles. The maximum atomic E-state index is 12.0. The quantitative estimate of drug-likeness (QED) is 0.326.